The Hall–Kier alpha value is -5.84. The van der Waals surface area contributed by atoms with E-state index in [1.165, 1.54) is 38.2 Å². The number of nitrogens with zero attached hydrogens (tertiary/aromatic N) is 2. The van der Waals surface area contributed by atoms with E-state index < -0.39 is 7.26 Å². The third-order valence-electron chi connectivity index (χ3n) is 13.5. The number of H-pyrrole nitrogens is 2. The molecule has 0 aliphatic carbocycles. The summed E-state index contributed by atoms with van der Waals surface area (Å²) in [4.78, 5) is 31.5. The average Bonchev–Trinajstić information content (AvgIpc) is 4.01. The van der Waals surface area contributed by atoms with Gasteiger partial charge in [0.1, 0.15) is 23.2 Å². The van der Waals surface area contributed by atoms with Crippen molar-refractivity contribution in [3.05, 3.63) is 160 Å². The van der Waals surface area contributed by atoms with Crippen LogP contribution < -0.4 is 21.2 Å². The minimum atomic E-state index is -1.83. The minimum Gasteiger partial charge on any atom is -0.356 e. The van der Waals surface area contributed by atoms with Gasteiger partial charge in [0.05, 0.1) is 28.9 Å². The summed E-state index contributed by atoms with van der Waals surface area (Å²) in [6, 6.07) is 40.1. The van der Waals surface area contributed by atoms with Gasteiger partial charge in [-0.1, -0.05) is 74.9 Å². The highest BCUT2D eigenvalue weighted by Gasteiger charge is 2.44. The molecule has 5 heterocycles. The third kappa shape index (κ3) is 8.89. The maximum Gasteiger partial charge on any atom is 0.220 e. The fraction of sp³-hybridized carbons (Fsp3) is 0.304. The van der Waals surface area contributed by atoms with E-state index in [1.807, 2.05) is 0 Å². The maximum atomic E-state index is 13.5. The number of aromatic amines is 2. The number of rotatable bonds is 15. The molecule has 7 heteroatoms. The lowest BCUT2D eigenvalue weighted by Crippen LogP contribution is -2.33. The summed E-state index contributed by atoms with van der Waals surface area (Å²) >= 11 is 0. The molecule has 0 spiro atoms. The molecule has 322 valence electrons. The van der Waals surface area contributed by atoms with E-state index in [0.717, 1.165) is 112 Å². The molecular weight excluding hydrogens is 790 g/mol. The molecular formula is C56H63N5OP+. The van der Waals surface area contributed by atoms with Gasteiger partial charge >= 0.3 is 0 Å². The number of nitrogens with one attached hydrogen (secondary N) is 3. The molecule has 2 aliphatic rings. The lowest BCUT2D eigenvalue weighted by molar-refractivity contribution is -0.120. The quantitative estimate of drug-likeness (QED) is 0.0710. The Morgan fingerprint density at radius 3 is 1.70 bits per heavy atom. The van der Waals surface area contributed by atoms with Crippen LogP contribution in [0.15, 0.2) is 109 Å². The van der Waals surface area contributed by atoms with Crippen molar-refractivity contribution in [2.75, 3.05) is 12.7 Å². The summed E-state index contributed by atoms with van der Waals surface area (Å²) in [5.41, 5.74) is 17.7. The number of hydrogen-bond donors (Lipinski definition) is 3. The van der Waals surface area contributed by atoms with Crippen molar-refractivity contribution in [3.63, 3.8) is 0 Å². The first-order chi connectivity index (χ1) is 30.6. The molecule has 3 aromatic heterocycles. The number of amides is 1. The van der Waals surface area contributed by atoms with E-state index in [1.54, 1.807) is 0 Å². The molecule has 0 saturated carbocycles. The number of benzene rings is 3. The summed E-state index contributed by atoms with van der Waals surface area (Å²) in [5.74, 6) is 0.0876. The number of unbranched alkanes of at least 4 members (excludes halogenated alkanes) is 3. The topological polar surface area (TPSA) is 86.5 Å². The summed E-state index contributed by atoms with van der Waals surface area (Å²) in [6.07, 6.45) is 10.5. The van der Waals surface area contributed by atoms with Crippen molar-refractivity contribution in [2.45, 2.75) is 99.8 Å². The molecule has 63 heavy (non-hydrogen) atoms. The molecule has 0 fully saturated rings. The van der Waals surface area contributed by atoms with Crippen LogP contribution in [0.3, 0.4) is 0 Å². The summed E-state index contributed by atoms with van der Waals surface area (Å²) < 4.78 is 0. The van der Waals surface area contributed by atoms with Gasteiger partial charge in [-0.2, -0.15) is 0 Å². The number of carbonyl (C=O) groups is 1. The number of aryl methyl sites for hydroxylation is 4. The average molecular weight is 853 g/mol. The molecule has 0 unspecified atom stereocenters. The Kier molecular flexibility index (Phi) is 13.4. The van der Waals surface area contributed by atoms with Crippen molar-refractivity contribution < 1.29 is 4.79 Å². The monoisotopic (exact) mass is 852 g/mol. The highest BCUT2D eigenvalue weighted by molar-refractivity contribution is 7.95. The van der Waals surface area contributed by atoms with Gasteiger partial charge in [-0.05, 0) is 173 Å². The zero-order valence-electron chi connectivity index (χ0n) is 38.3. The van der Waals surface area contributed by atoms with Gasteiger partial charge in [0.25, 0.3) is 0 Å². The summed E-state index contributed by atoms with van der Waals surface area (Å²) in [7, 11) is -1.83. The second-order valence-corrected chi connectivity index (χ2v) is 21.0. The van der Waals surface area contributed by atoms with E-state index in [9.17, 15) is 4.79 Å². The molecule has 8 bridgehead atoms. The van der Waals surface area contributed by atoms with Crippen LogP contribution in [0.4, 0.5) is 0 Å². The molecule has 8 rings (SSSR count). The highest BCUT2D eigenvalue weighted by atomic mass is 31.2. The Labute approximate surface area is 374 Å². The van der Waals surface area contributed by atoms with Crippen LogP contribution in [0, 0.1) is 20.8 Å². The van der Waals surface area contributed by atoms with E-state index in [2.05, 4.69) is 179 Å². The number of aromatic nitrogens is 4. The van der Waals surface area contributed by atoms with Crippen LogP contribution in [-0.4, -0.2) is 38.5 Å². The van der Waals surface area contributed by atoms with E-state index in [0.29, 0.717) is 19.4 Å². The maximum absolute atomic E-state index is 13.5. The summed E-state index contributed by atoms with van der Waals surface area (Å²) in [6.45, 7) is 16.0. The van der Waals surface area contributed by atoms with E-state index >= 15 is 0 Å². The van der Waals surface area contributed by atoms with Crippen LogP contribution in [0.5, 0.6) is 0 Å². The number of fused-ring (bicyclic) bond motifs is 8. The Bertz CT molecular complexity index is 2750. The standard InChI is InChI=1S/C56H62N5OP/c1-8-45-39(5)51-36-54-46(9-2)38(4)50(59-54)35-52-40(6)47(56(61-52)41(7)49-33-37(3)48(58-49)34-53(45)60-51)29-30-55(62)57-31-21-10-11-22-32-63(42-23-15-12-16-24-42,43-25-17-13-18-26-43)44-27-19-14-20-28-44/h12-20,23-28,33-36H,8-11,21-22,29-32H2,1-7H3,(H2-,57,58,59,60,61,62)/p+1. The Morgan fingerprint density at radius 2 is 1.13 bits per heavy atom. The Balaban J connectivity index is 0.984. The van der Waals surface area contributed by atoms with Crippen molar-refractivity contribution in [2.24, 2.45) is 0 Å². The van der Waals surface area contributed by atoms with Crippen LogP contribution in [0.2, 0.25) is 0 Å². The van der Waals surface area contributed by atoms with Crippen LogP contribution in [-0.2, 0) is 17.6 Å². The van der Waals surface area contributed by atoms with Crippen LogP contribution in [0.1, 0.15) is 117 Å². The first kappa shape index (κ1) is 43.8. The van der Waals surface area contributed by atoms with Crippen molar-refractivity contribution in [3.8, 4) is 0 Å². The smallest absolute Gasteiger partial charge is 0.220 e. The molecule has 6 aromatic rings. The van der Waals surface area contributed by atoms with Gasteiger partial charge in [-0.15, -0.1) is 0 Å². The molecule has 3 aromatic carbocycles. The van der Waals surface area contributed by atoms with E-state index in [-0.39, 0.29) is 5.91 Å². The predicted octanol–water partition coefficient (Wildman–Crippen LogP) is 12.3. The van der Waals surface area contributed by atoms with Gasteiger partial charge in [-0.25, -0.2) is 9.97 Å². The van der Waals surface area contributed by atoms with Gasteiger partial charge in [0, 0.05) is 40.6 Å². The lowest BCUT2D eigenvalue weighted by Gasteiger charge is -2.27. The summed E-state index contributed by atoms with van der Waals surface area (Å²) in [5, 5.41) is 7.57. The fourth-order valence-corrected chi connectivity index (χ4v) is 14.2. The highest BCUT2D eigenvalue weighted by Crippen LogP contribution is 2.56. The Morgan fingerprint density at radius 1 is 0.603 bits per heavy atom. The molecule has 0 atom stereocenters. The molecule has 2 aliphatic heterocycles. The largest absolute Gasteiger partial charge is 0.356 e. The minimum absolute atomic E-state index is 0.0876. The first-order valence-corrected chi connectivity index (χ1v) is 25.0. The zero-order valence-corrected chi connectivity index (χ0v) is 39.2. The zero-order chi connectivity index (χ0) is 44.1. The van der Waals surface area contributed by atoms with Gasteiger partial charge < -0.3 is 15.3 Å². The van der Waals surface area contributed by atoms with Gasteiger partial charge in [-0.3, -0.25) is 4.79 Å². The van der Waals surface area contributed by atoms with Crippen molar-refractivity contribution >= 4 is 73.9 Å². The second kappa shape index (κ2) is 19.3. The van der Waals surface area contributed by atoms with Crippen LogP contribution in [0.25, 0.3) is 44.9 Å². The molecule has 0 radical (unpaired) electrons. The van der Waals surface area contributed by atoms with Crippen LogP contribution >= 0.6 is 7.26 Å². The van der Waals surface area contributed by atoms with E-state index in [4.69, 9.17) is 9.97 Å². The SMILES string of the molecule is CCc1c(C)c2cc3[nH]c(cc4nc(c(C)c5nc(cc1[nH]2)C(C)=C5)C(CCC(=O)NCCCCCC[P+](c1ccccc1)(c1ccccc1)c1ccccc1)=C4C)c(C)c3CC. The normalized spacial score (nSPS) is 12.8. The number of hydrogen-bond acceptors (Lipinski definition) is 3. The molecule has 1 amide bonds. The molecule has 3 N–H and O–H groups in total. The fourth-order valence-electron chi connectivity index (χ4n) is 9.84. The third-order valence-corrected chi connectivity index (χ3v) is 18.0. The van der Waals surface area contributed by atoms with Gasteiger partial charge in [0.15, 0.2) is 0 Å². The van der Waals surface area contributed by atoms with Crippen molar-refractivity contribution in [1.82, 2.24) is 25.3 Å². The van der Waals surface area contributed by atoms with Crippen molar-refractivity contribution in [1.29, 1.82) is 0 Å². The lowest BCUT2D eigenvalue weighted by atomic mass is 9.98. The molecule has 0 saturated heterocycles. The number of carbonyl (C=O) groups excluding carboxylic acids is 1. The second-order valence-electron chi connectivity index (χ2n) is 17.3. The first-order valence-electron chi connectivity index (χ1n) is 23.1. The molecule has 6 nitrogen and oxygen atoms in total. The predicted molar refractivity (Wildman–Crippen MR) is 271 cm³/mol. The number of allylic oxidation sites excluding steroid dienone is 3. The van der Waals surface area contributed by atoms with Gasteiger partial charge in [0.2, 0.25) is 5.91 Å².